The molecule has 1 saturated heterocycles. The minimum absolute atomic E-state index is 0.0918. The fourth-order valence-electron chi connectivity index (χ4n) is 3.54. The second-order valence-electron chi connectivity index (χ2n) is 9.52. The molecule has 1 aliphatic heterocycles. The van der Waals surface area contributed by atoms with Crippen LogP contribution in [0.15, 0.2) is 24.3 Å². The van der Waals surface area contributed by atoms with Crippen molar-refractivity contribution in [2.45, 2.75) is 66.0 Å². The van der Waals surface area contributed by atoms with E-state index in [2.05, 4.69) is 5.32 Å². The second-order valence-corrected chi connectivity index (χ2v) is 9.52. The molecule has 0 radical (unpaired) electrons. The third-order valence-electron chi connectivity index (χ3n) is 5.76. The maximum atomic E-state index is 12.7. The van der Waals surface area contributed by atoms with Gasteiger partial charge in [-0.2, -0.15) is 0 Å². The first kappa shape index (κ1) is 30.2. The molecule has 1 fully saturated rings. The van der Waals surface area contributed by atoms with Gasteiger partial charge in [-0.05, 0) is 30.9 Å². The Bertz CT molecular complexity index is 894. The molecule has 11 heteroatoms. The summed E-state index contributed by atoms with van der Waals surface area (Å²) in [6, 6.07) is 5.65. The zero-order chi connectivity index (χ0) is 27.5. The summed E-state index contributed by atoms with van der Waals surface area (Å²) in [7, 11) is 0. The summed E-state index contributed by atoms with van der Waals surface area (Å²) in [6.45, 7) is 12.1. The summed E-state index contributed by atoms with van der Waals surface area (Å²) in [5.74, 6) is -0.275. The predicted octanol–water partition coefficient (Wildman–Crippen LogP) is 2.31. The van der Waals surface area contributed by atoms with Gasteiger partial charge in [0.05, 0.1) is 25.8 Å². The maximum Gasteiger partial charge on any atom is 0.413 e. The van der Waals surface area contributed by atoms with Crippen LogP contribution in [-0.4, -0.2) is 80.3 Å². The van der Waals surface area contributed by atoms with E-state index in [9.17, 15) is 14.4 Å². The molecule has 0 spiro atoms. The van der Waals surface area contributed by atoms with Crippen LogP contribution in [0.25, 0.3) is 0 Å². The molecule has 37 heavy (non-hydrogen) atoms. The average molecular weight is 524 g/mol. The molecule has 1 aromatic carbocycles. The number of esters is 1. The summed E-state index contributed by atoms with van der Waals surface area (Å²) in [6.07, 6.45) is -2.18. The van der Waals surface area contributed by atoms with E-state index in [1.54, 1.807) is 19.9 Å². The molecule has 2 rings (SSSR count). The SMILES string of the molecule is CCOc1ccccc1OCC1CN(C(=O)OC(C)OC(=O)C(NC(=O)C(N)C(C)C)C(C)C)CCO1. The highest BCUT2D eigenvalue weighted by molar-refractivity contribution is 5.87. The number of morpholine rings is 1. The Morgan fingerprint density at radius 1 is 1.05 bits per heavy atom. The van der Waals surface area contributed by atoms with Gasteiger partial charge in [-0.3, -0.25) is 4.79 Å². The number of para-hydroxylation sites is 2. The molecule has 0 bridgehead atoms. The largest absolute Gasteiger partial charge is 0.490 e. The molecular weight excluding hydrogens is 482 g/mol. The molecule has 1 heterocycles. The van der Waals surface area contributed by atoms with E-state index < -0.39 is 36.3 Å². The molecule has 208 valence electrons. The molecule has 0 aromatic heterocycles. The summed E-state index contributed by atoms with van der Waals surface area (Å²) < 4.78 is 27.8. The molecule has 0 aliphatic carbocycles. The first-order valence-corrected chi connectivity index (χ1v) is 12.7. The fraction of sp³-hybridized carbons (Fsp3) is 0.654. The van der Waals surface area contributed by atoms with Crippen LogP contribution in [0, 0.1) is 11.8 Å². The van der Waals surface area contributed by atoms with Crippen molar-refractivity contribution >= 4 is 18.0 Å². The first-order chi connectivity index (χ1) is 17.5. The molecule has 4 unspecified atom stereocenters. The lowest BCUT2D eigenvalue weighted by atomic mass is 10.0. The van der Waals surface area contributed by atoms with Gasteiger partial charge in [-0.1, -0.05) is 39.8 Å². The van der Waals surface area contributed by atoms with Crippen molar-refractivity contribution in [2.24, 2.45) is 17.6 Å². The van der Waals surface area contributed by atoms with Crippen LogP contribution in [0.3, 0.4) is 0 Å². The number of hydrogen-bond acceptors (Lipinski definition) is 9. The summed E-state index contributed by atoms with van der Waals surface area (Å²) in [5.41, 5.74) is 5.88. The Morgan fingerprint density at radius 2 is 1.70 bits per heavy atom. The van der Waals surface area contributed by atoms with E-state index in [1.165, 1.54) is 11.8 Å². The van der Waals surface area contributed by atoms with Crippen LogP contribution in [0.2, 0.25) is 0 Å². The van der Waals surface area contributed by atoms with Crippen LogP contribution in [-0.2, 0) is 23.8 Å². The first-order valence-electron chi connectivity index (χ1n) is 12.7. The Labute approximate surface area is 218 Å². The number of amides is 2. The van der Waals surface area contributed by atoms with Crippen molar-refractivity contribution in [1.29, 1.82) is 0 Å². The number of nitrogens with one attached hydrogen (secondary N) is 1. The summed E-state index contributed by atoms with van der Waals surface area (Å²) >= 11 is 0. The summed E-state index contributed by atoms with van der Waals surface area (Å²) in [4.78, 5) is 39.2. The minimum Gasteiger partial charge on any atom is -0.490 e. The zero-order valence-corrected chi connectivity index (χ0v) is 22.6. The van der Waals surface area contributed by atoms with Gasteiger partial charge in [0.25, 0.3) is 0 Å². The van der Waals surface area contributed by atoms with E-state index in [1.807, 2.05) is 39.0 Å². The Morgan fingerprint density at radius 3 is 2.30 bits per heavy atom. The zero-order valence-electron chi connectivity index (χ0n) is 22.6. The number of rotatable bonds is 12. The van der Waals surface area contributed by atoms with Crippen LogP contribution < -0.4 is 20.5 Å². The number of benzene rings is 1. The lowest BCUT2D eigenvalue weighted by Crippen LogP contribution is -2.53. The monoisotopic (exact) mass is 523 g/mol. The smallest absolute Gasteiger partial charge is 0.413 e. The van der Waals surface area contributed by atoms with Gasteiger partial charge < -0.3 is 39.6 Å². The van der Waals surface area contributed by atoms with E-state index in [4.69, 9.17) is 29.4 Å². The van der Waals surface area contributed by atoms with Gasteiger partial charge in [-0.25, -0.2) is 9.59 Å². The summed E-state index contributed by atoms with van der Waals surface area (Å²) in [5, 5.41) is 2.64. The van der Waals surface area contributed by atoms with Gasteiger partial charge in [0.1, 0.15) is 18.8 Å². The molecule has 0 saturated carbocycles. The number of carbonyl (C=O) groups excluding carboxylic acids is 3. The predicted molar refractivity (Wildman–Crippen MR) is 136 cm³/mol. The standard InChI is InChI=1S/C26H41N3O8/c1-7-33-20-10-8-9-11-21(20)35-15-19-14-29(12-13-34-19)26(32)37-18(6)36-25(31)23(17(4)5)28-24(30)22(27)16(2)3/h8-11,16-19,22-23H,7,12-15,27H2,1-6H3,(H,28,30). The van der Waals surface area contributed by atoms with E-state index >= 15 is 0 Å². The van der Waals surface area contributed by atoms with Gasteiger partial charge in [0.2, 0.25) is 12.2 Å². The van der Waals surface area contributed by atoms with E-state index in [0.717, 1.165) is 0 Å². The molecule has 1 aliphatic rings. The van der Waals surface area contributed by atoms with E-state index in [-0.39, 0.29) is 31.1 Å². The number of ether oxygens (including phenoxy) is 5. The fourth-order valence-corrected chi connectivity index (χ4v) is 3.54. The van der Waals surface area contributed by atoms with Crippen molar-refractivity contribution in [1.82, 2.24) is 10.2 Å². The lowest BCUT2D eigenvalue weighted by Gasteiger charge is -2.33. The molecule has 2 amide bonds. The Kier molecular flexibility index (Phi) is 11.9. The number of hydrogen-bond donors (Lipinski definition) is 2. The Hall–Kier alpha value is -3.05. The van der Waals surface area contributed by atoms with Crippen molar-refractivity contribution in [3.05, 3.63) is 24.3 Å². The van der Waals surface area contributed by atoms with Gasteiger partial charge >= 0.3 is 12.1 Å². The van der Waals surface area contributed by atoms with Crippen molar-refractivity contribution in [3.63, 3.8) is 0 Å². The quantitative estimate of drug-likeness (QED) is 0.312. The number of nitrogens with two attached hydrogens (primary N) is 1. The number of nitrogens with zero attached hydrogens (tertiary/aromatic N) is 1. The van der Waals surface area contributed by atoms with Gasteiger partial charge in [0.15, 0.2) is 11.5 Å². The topological polar surface area (TPSA) is 139 Å². The average Bonchev–Trinajstić information content (AvgIpc) is 2.86. The molecule has 4 atom stereocenters. The molecule has 1 aromatic rings. The third-order valence-corrected chi connectivity index (χ3v) is 5.76. The van der Waals surface area contributed by atoms with Crippen molar-refractivity contribution < 1.29 is 38.1 Å². The van der Waals surface area contributed by atoms with Crippen LogP contribution in [0.4, 0.5) is 4.79 Å². The highest BCUT2D eigenvalue weighted by Gasteiger charge is 2.32. The molecule has 3 N–H and O–H groups in total. The van der Waals surface area contributed by atoms with Gasteiger partial charge in [-0.15, -0.1) is 0 Å². The molecule has 11 nitrogen and oxygen atoms in total. The minimum atomic E-state index is -1.16. The molecular formula is C26H41N3O8. The van der Waals surface area contributed by atoms with Crippen LogP contribution >= 0.6 is 0 Å². The van der Waals surface area contributed by atoms with Crippen molar-refractivity contribution in [2.75, 3.05) is 32.9 Å². The number of carbonyl (C=O) groups is 3. The van der Waals surface area contributed by atoms with Crippen molar-refractivity contribution in [3.8, 4) is 11.5 Å². The van der Waals surface area contributed by atoms with Gasteiger partial charge in [0, 0.05) is 13.5 Å². The van der Waals surface area contributed by atoms with Crippen LogP contribution in [0.5, 0.6) is 11.5 Å². The normalized spacial score (nSPS) is 18.1. The Balaban J connectivity index is 1.87. The lowest BCUT2D eigenvalue weighted by molar-refractivity contribution is -0.171. The second kappa shape index (κ2) is 14.6. The maximum absolute atomic E-state index is 12.7. The van der Waals surface area contributed by atoms with Crippen LogP contribution in [0.1, 0.15) is 41.5 Å². The van der Waals surface area contributed by atoms with E-state index in [0.29, 0.717) is 31.3 Å². The highest BCUT2D eigenvalue weighted by atomic mass is 16.7. The highest BCUT2D eigenvalue weighted by Crippen LogP contribution is 2.26. The third kappa shape index (κ3) is 9.40.